The van der Waals surface area contributed by atoms with Gasteiger partial charge in [0.05, 0.1) is 18.1 Å². The smallest absolute Gasteiger partial charge is 0.235 e. The van der Waals surface area contributed by atoms with Crippen molar-refractivity contribution in [2.24, 2.45) is 16.7 Å². The van der Waals surface area contributed by atoms with Crippen LogP contribution >= 0.6 is 0 Å². The number of aliphatic hydroxyl groups is 1. The highest BCUT2D eigenvalue weighted by atomic mass is 19.2. The van der Waals surface area contributed by atoms with E-state index in [0.717, 1.165) is 17.0 Å². The second kappa shape index (κ2) is 5.34. The fourth-order valence-corrected chi connectivity index (χ4v) is 4.07. The van der Waals surface area contributed by atoms with Crippen LogP contribution in [0.2, 0.25) is 0 Å². The molecule has 1 heterocycles. The fraction of sp³-hybridized carbons (Fsp3) is 0.556. The van der Waals surface area contributed by atoms with Crippen molar-refractivity contribution >= 4 is 11.8 Å². The Morgan fingerprint density at radius 3 is 2.54 bits per heavy atom. The van der Waals surface area contributed by atoms with Crippen molar-refractivity contribution < 1.29 is 23.5 Å². The molecule has 6 heteroatoms. The summed E-state index contributed by atoms with van der Waals surface area (Å²) in [6.07, 6.45) is 0.0241. The van der Waals surface area contributed by atoms with Gasteiger partial charge in [0.2, 0.25) is 11.8 Å². The predicted molar refractivity (Wildman–Crippen MR) is 82.6 cm³/mol. The second-order valence-corrected chi connectivity index (χ2v) is 7.59. The van der Waals surface area contributed by atoms with E-state index >= 15 is 0 Å². The lowest BCUT2D eigenvalue weighted by atomic mass is 9.62. The van der Waals surface area contributed by atoms with Gasteiger partial charge in [0.15, 0.2) is 11.6 Å². The summed E-state index contributed by atoms with van der Waals surface area (Å²) < 4.78 is 26.4. The van der Waals surface area contributed by atoms with E-state index in [2.05, 4.69) is 0 Å². The van der Waals surface area contributed by atoms with Crippen molar-refractivity contribution in [2.45, 2.75) is 39.7 Å². The lowest BCUT2D eigenvalue weighted by molar-refractivity contribution is -0.169. The normalized spacial score (nSPS) is 29.9. The maximum atomic E-state index is 13.3. The zero-order chi connectivity index (χ0) is 17.9. The van der Waals surface area contributed by atoms with Gasteiger partial charge in [-0.1, -0.05) is 26.8 Å². The number of fused-ring (bicyclic) bond motifs is 2. The maximum Gasteiger partial charge on any atom is 0.235 e. The number of hydrogen-bond donors (Lipinski definition) is 1. The zero-order valence-electron chi connectivity index (χ0n) is 14.0. The molecule has 3 atom stereocenters. The Hall–Kier alpha value is -1.82. The highest BCUT2D eigenvalue weighted by molar-refractivity contribution is 6.03. The number of carbonyl (C=O) groups is 2. The van der Waals surface area contributed by atoms with E-state index in [1.807, 2.05) is 20.8 Å². The second-order valence-electron chi connectivity index (χ2n) is 7.59. The molecule has 0 aromatic heterocycles. The number of amides is 2. The molecule has 130 valence electrons. The summed E-state index contributed by atoms with van der Waals surface area (Å²) in [4.78, 5) is 26.7. The molecule has 4 nitrogen and oxygen atoms in total. The summed E-state index contributed by atoms with van der Waals surface area (Å²) in [5.74, 6) is -2.94. The molecule has 1 saturated heterocycles. The van der Waals surface area contributed by atoms with Crippen LogP contribution in [-0.4, -0.2) is 28.4 Å². The standard InChI is InChI=1S/C18H21F2NO3/c1-17(2)11-6-7-18(17,3)16(24)21(15(11)23)9-14(22)10-4-5-12(19)13(20)8-10/h4-5,8,11,14,22H,6-7,9H2,1-3H3/t11-,14-,18+/m0/s1. The quantitative estimate of drug-likeness (QED) is 0.863. The fourth-order valence-electron chi connectivity index (χ4n) is 4.07. The summed E-state index contributed by atoms with van der Waals surface area (Å²) in [6, 6.07) is 3.06. The zero-order valence-corrected chi connectivity index (χ0v) is 14.0. The predicted octanol–water partition coefficient (Wildman–Crippen LogP) is 2.81. The van der Waals surface area contributed by atoms with Crippen molar-refractivity contribution in [1.82, 2.24) is 4.90 Å². The van der Waals surface area contributed by atoms with Gasteiger partial charge in [-0.05, 0) is 36.0 Å². The average Bonchev–Trinajstić information content (AvgIpc) is 2.71. The van der Waals surface area contributed by atoms with Crippen molar-refractivity contribution in [3.05, 3.63) is 35.4 Å². The highest BCUT2D eigenvalue weighted by Gasteiger charge is 2.64. The first kappa shape index (κ1) is 17.0. The van der Waals surface area contributed by atoms with Crippen LogP contribution in [0.3, 0.4) is 0 Å². The Bertz CT molecular complexity index is 718. The first-order valence-corrected chi connectivity index (χ1v) is 8.08. The van der Waals surface area contributed by atoms with E-state index in [9.17, 15) is 23.5 Å². The van der Waals surface area contributed by atoms with E-state index in [1.165, 1.54) is 6.07 Å². The molecule has 1 aromatic rings. The molecule has 1 aromatic carbocycles. The number of benzene rings is 1. The van der Waals surface area contributed by atoms with Crippen molar-refractivity contribution in [3.63, 3.8) is 0 Å². The Labute approximate surface area is 139 Å². The molecule has 0 radical (unpaired) electrons. The van der Waals surface area contributed by atoms with Gasteiger partial charge in [-0.25, -0.2) is 8.78 Å². The lowest BCUT2D eigenvalue weighted by Gasteiger charge is -2.48. The van der Waals surface area contributed by atoms with Gasteiger partial charge in [0.1, 0.15) is 0 Å². The molecule has 1 saturated carbocycles. The third kappa shape index (κ3) is 2.19. The number of piperidine rings is 1. The van der Waals surface area contributed by atoms with E-state index < -0.39 is 28.6 Å². The Morgan fingerprint density at radius 2 is 1.92 bits per heavy atom. The molecule has 24 heavy (non-hydrogen) atoms. The minimum atomic E-state index is -1.25. The number of likely N-dealkylation sites (tertiary alicyclic amines) is 1. The molecule has 2 amide bonds. The molecule has 0 unspecified atom stereocenters. The van der Waals surface area contributed by atoms with Gasteiger partial charge < -0.3 is 5.11 Å². The molecule has 0 spiro atoms. The number of rotatable bonds is 3. The van der Waals surface area contributed by atoms with Crippen molar-refractivity contribution in [3.8, 4) is 0 Å². The minimum absolute atomic E-state index is 0.136. The summed E-state index contributed by atoms with van der Waals surface area (Å²) >= 11 is 0. The summed E-state index contributed by atoms with van der Waals surface area (Å²) in [6.45, 7) is 5.48. The van der Waals surface area contributed by atoms with Crippen LogP contribution in [-0.2, 0) is 9.59 Å². The van der Waals surface area contributed by atoms with Crippen LogP contribution in [0.1, 0.15) is 45.3 Å². The monoisotopic (exact) mass is 337 g/mol. The third-order valence-electron chi connectivity index (χ3n) is 6.19. The Balaban J connectivity index is 1.86. The van der Waals surface area contributed by atoms with E-state index in [0.29, 0.717) is 12.8 Å². The van der Waals surface area contributed by atoms with E-state index in [4.69, 9.17) is 0 Å². The van der Waals surface area contributed by atoms with Gasteiger partial charge in [0, 0.05) is 5.92 Å². The number of imide groups is 1. The number of β-amino-alcohol motifs (C(OH)–C–C–N with tert-alkyl or cyclic N) is 1. The summed E-state index contributed by atoms with van der Waals surface area (Å²) in [5, 5.41) is 10.3. The average molecular weight is 337 g/mol. The number of hydrogen-bond acceptors (Lipinski definition) is 3. The summed E-state index contributed by atoms with van der Waals surface area (Å²) in [7, 11) is 0. The molecular formula is C18H21F2NO3. The Kier molecular flexibility index (Phi) is 3.79. The van der Waals surface area contributed by atoms with Crippen LogP contribution in [0, 0.1) is 28.4 Å². The van der Waals surface area contributed by atoms with E-state index in [1.54, 1.807) is 0 Å². The Morgan fingerprint density at radius 1 is 1.25 bits per heavy atom. The summed E-state index contributed by atoms with van der Waals surface area (Å²) in [5.41, 5.74) is -0.943. The number of aliphatic hydroxyl groups excluding tert-OH is 1. The molecular weight excluding hydrogens is 316 g/mol. The van der Waals surface area contributed by atoms with Gasteiger partial charge >= 0.3 is 0 Å². The van der Waals surface area contributed by atoms with E-state index in [-0.39, 0.29) is 29.8 Å². The molecule has 1 aliphatic heterocycles. The molecule has 1 N–H and O–H groups in total. The van der Waals surface area contributed by atoms with Gasteiger partial charge in [-0.15, -0.1) is 0 Å². The SMILES string of the molecule is CC1(C)[C@H]2CC[C@]1(C)C(=O)N(C[C@H](O)c1ccc(F)c(F)c1)C2=O. The number of nitrogens with zero attached hydrogens (tertiary/aromatic N) is 1. The van der Waals surface area contributed by atoms with Gasteiger partial charge in [-0.2, -0.15) is 0 Å². The maximum absolute atomic E-state index is 13.3. The van der Waals surface area contributed by atoms with Gasteiger partial charge in [-0.3, -0.25) is 14.5 Å². The number of carbonyl (C=O) groups excluding carboxylic acids is 2. The molecule has 3 rings (SSSR count). The molecule has 2 fully saturated rings. The van der Waals surface area contributed by atoms with Gasteiger partial charge in [0.25, 0.3) is 0 Å². The molecule has 2 aliphatic rings. The third-order valence-corrected chi connectivity index (χ3v) is 6.19. The van der Waals surface area contributed by atoms with Crippen molar-refractivity contribution in [1.29, 1.82) is 0 Å². The van der Waals surface area contributed by atoms with Crippen LogP contribution < -0.4 is 0 Å². The lowest BCUT2D eigenvalue weighted by Crippen LogP contribution is -2.59. The molecule has 1 aliphatic carbocycles. The number of halogens is 2. The van der Waals surface area contributed by atoms with Crippen LogP contribution in [0.5, 0.6) is 0 Å². The largest absolute Gasteiger partial charge is 0.387 e. The highest BCUT2D eigenvalue weighted by Crippen LogP contribution is 2.60. The van der Waals surface area contributed by atoms with Crippen LogP contribution in [0.4, 0.5) is 8.78 Å². The topological polar surface area (TPSA) is 57.6 Å². The first-order valence-electron chi connectivity index (χ1n) is 8.08. The van der Waals surface area contributed by atoms with Crippen LogP contribution in [0.25, 0.3) is 0 Å². The molecule has 2 bridgehead atoms. The first-order chi connectivity index (χ1) is 11.1. The van der Waals surface area contributed by atoms with Crippen molar-refractivity contribution in [2.75, 3.05) is 6.54 Å². The minimum Gasteiger partial charge on any atom is -0.387 e. The van der Waals surface area contributed by atoms with Crippen LogP contribution in [0.15, 0.2) is 18.2 Å².